The van der Waals surface area contributed by atoms with E-state index in [1.807, 2.05) is 36.4 Å². The highest BCUT2D eigenvalue weighted by Crippen LogP contribution is 2.13. The lowest BCUT2D eigenvalue weighted by Gasteiger charge is -2.06. The highest BCUT2D eigenvalue weighted by molar-refractivity contribution is 5.97. The zero-order valence-corrected chi connectivity index (χ0v) is 10.7. The second-order valence-electron chi connectivity index (χ2n) is 4.12. The van der Waals surface area contributed by atoms with Crippen LogP contribution in [0.25, 0.3) is 6.08 Å². The van der Waals surface area contributed by atoms with E-state index in [0.29, 0.717) is 0 Å². The summed E-state index contributed by atoms with van der Waals surface area (Å²) in [6.45, 7) is 2.17. The van der Waals surface area contributed by atoms with Crippen LogP contribution < -0.4 is 5.32 Å². The molecule has 0 bridgehead atoms. The molecule has 1 rings (SSSR count). The van der Waals surface area contributed by atoms with Crippen LogP contribution in [-0.4, -0.2) is 13.0 Å². The fraction of sp³-hybridized carbons (Fsp3) is 0.400. The van der Waals surface area contributed by atoms with Gasteiger partial charge in [-0.1, -0.05) is 50.1 Å². The Bertz CT molecular complexity index is 368. The molecule has 0 aliphatic heterocycles. The molecule has 1 N–H and O–H groups in total. The predicted octanol–water partition coefficient (Wildman–Crippen LogP) is 3.40. The first-order valence-electron chi connectivity index (χ1n) is 6.25. The summed E-state index contributed by atoms with van der Waals surface area (Å²) in [6, 6.07) is 9.98. The molecule has 0 aliphatic rings. The van der Waals surface area contributed by atoms with Crippen LogP contribution in [0.4, 0.5) is 0 Å². The van der Waals surface area contributed by atoms with Crippen LogP contribution in [0.2, 0.25) is 0 Å². The molecule has 1 aromatic carbocycles. The summed E-state index contributed by atoms with van der Waals surface area (Å²) in [7, 11) is 1.68. The summed E-state index contributed by atoms with van der Waals surface area (Å²) < 4.78 is 0. The molecule has 1 aromatic rings. The van der Waals surface area contributed by atoms with Gasteiger partial charge in [-0.05, 0) is 24.5 Å². The molecule has 0 saturated carbocycles. The van der Waals surface area contributed by atoms with Crippen molar-refractivity contribution >= 4 is 12.0 Å². The lowest BCUT2D eigenvalue weighted by Crippen LogP contribution is -2.20. The van der Waals surface area contributed by atoms with Gasteiger partial charge in [0.15, 0.2) is 0 Å². The zero-order chi connectivity index (χ0) is 12.5. The number of rotatable bonds is 6. The summed E-state index contributed by atoms with van der Waals surface area (Å²) in [4.78, 5) is 11.7. The van der Waals surface area contributed by atoms with Crippen molar-refractivity contribution in [1.82, 2.24) is 5.32 Å². The van der Waals surface area contributed by atoms with E-state index in [-0.39, 0.29) is 5.91 Å². The molecule has 0 fully saturated rings. The van der Waals surface area contributed by atoms with Gasteiger partial charge in [-0.3, -0.25) is 4.79 Å². The van der Waals surface area contributed by atoms with E-state index in [2.05, 4.69) is 12.2 Å². The van der Waals surface area contributed by atoms with Crippen molar-refractivity contribution < 1.29 is 4.79 Å². The predicted molar refractivity (Wildman–Crippen MR) is 72.6 cm³/mol. The van der Waals surface area contributed by atoms with Crippen LogP contribution in [0.3, 0.4) is 0 Å². The third kappa shape index (κ3) is 4.85. The molecular formula is C15H21NO. The normalized spacial score (nSPS) is 11.3. The van der Waals surface area contributed by atoms with E-state index in [9.17, 15) is 4.79 Å². The SMILES string of the molecule is CCCCC/C(=C/c1ccccc1)C(=O)NC. The van der Waals surface area contributed by atoms with Gasteiger partial charge in [0.1, 0.15) is 0 Å². The first-order valence-corrected chi connectivity index (χ1v) is 6.25. The van der Waals surface area contributed by atoms with E-state index < -0.39 is 0 Å². The Kier molecular flexibility index (Phi) is 6.08. The average Bonchev–Trinajstić information content (AvgIpc) is 2.38. The number of unbranched alkanes of at least 4 members (excludes halogenated alkanes) is 2. The smallest absolute Gasteiger partial charge is 0.246 e. The van der Waals surface area contributed by atoms with Gasteiger partial charge < -0.3 is 5.32 Å². The van der Waals surface area contributed by atoms with Gasteiger partial charge in [0.25, 0.3) is 0 Å². The van der Waals surface area contributed by atoms with Crippen molar-refractivity contribution in [2.24, 2.45) is 0 Å². The van der Waals surface area contributed by atoms with Crippen LogP contribution in [0.5, 0.6) is 0 Å². The van der Waals surface area contributed by atoms with Gasteiger partial charge in [0, 0.05) is 12.6 Å². The van der Waals surface area contributed by atoms with Gasteiger partial charge in [-0.25, -0.2) is 0 Å². The van der Waals surface area contributed by atoms with E-state index in [0.717, 1.165) is 24.0 Å². The summed E-state index contributed by atoms with van der Waals surface area (Å²) in [5.41, 5.74) is 1.95. The van der Waals surface area contributed by atoms with E-state index >= 15 is 0 Å². The molecular weight excluding hydrogens is 210 g/mol. The van der Waals surface area contributed by atoms with Crippen LogP contribution in [-0.2, 0) is 4.79 Å². The molecule has 0 radical (unpaired) electrons. The van der Waals surface area contributed by atoms with Gasteiger partial charge in [0.05, 0.1) is 0 Å². The minimum atomic E-state index is 0.0324. The fourth-order valence-electron chi connectivity index (χ4n) is 1.73. The lowest BCUT2D eigenvalue weighted by atomic mass is 10.0. The molecule has 0 atom stereocenters. The molecule has 17 heavy (non-hydrogen) atoms. The van der Waals surface area contributed by atoms with E-state index in [1.54, 1.807) is 7.05 Å². The molecule has 0 aromatic heterocycles. The largest absolute Gasteiger partial charge is 0.355 e. The molecule has 2 heteroatoms. The van der Waals surface area contributed by atoms with Crippen molar-refractivity contribution in [1.29, 1.82) is 0 Å². The van der Waals surface area contributed by atoms with Crippen LogP contribution >= 0.6 is 0 Å². The first-order chi connectivity index (χ1) is 8.27. The summed E-state index contributed by atoms with van der Waals surface area (Å²) in [5, 5.41) is 2.71. The van der Waals surface area contributed by atoms with Crippen molar-refractivity contribution in [3.8, 4) is 0 Å². The van der Waals surface area contributed by atoms with Crippen LogP contribution in [0.15, 0.2) is 35.9 Å². The molecule has 0 unspecified atom stereocenters. The number of benzene rings is 1. The van der Waals surface area contributed by atoms with Crippen molar-refractivity contribution in [2.75, 3.05) is 7.05 Å². The van der Waals surface area contributed by atoms with E-state index in [4.69, 9.17) is 0 Å². The Balaban J connectivity index is 2.75. The highest BCUT2D eigenvalue weighted by atomic mass is 16.1. The molecule has 0 spiro atoms. The maximum absolute atomic E-state index is 11.7. The van der Waals surface area contributed by atoms with Crippen molar-refractivity contribution in [3.05, 3.63) is 41.5 Å². The number of amides is 1. The number of hydrogen-bond donors (Lipinski definition) is 1. The Morgan fingerprint density at radius 1 is 1.24 bits per heavy atom. The molecule has 92 valence electrons. The highest BCUT2D eigenvalue weighted by Gasteiger charge is 2.06. The average molecular weight is 231 g/mol. The van der Waals surface area contributed by atoms with E-state index in [1.165, 1.54) is 12.8 Å². The Morgan fingerprint density at radius 3 is 2.53 bits per heavy atom. The number of carbonyl (C=O) groups is 1. The lowest BCUT2D eigenvalue weighted by molar-refractivity contribution is -0.117. The number of nitrogens with one attached hydrogen (secondary N) is 1. The Morgan fingerprint density at radius 2 is 1.94 bits per heavy atom. The molecule has 1 amide bonds. The molecule has 0 aliphatic carbocycles. The second-order valence-corrected chi connectivity index (χ2v) is 4.12. The summed E-state index contributed by atoms with van der Waals surface area (Å²) in [5.74, 6) is 0.0324. The fourth-order valence-corrected chi connectivity index (χ4v) is 1.73. The van der Waals surface area contributed by atoms with Gasteiger partial charge in [-0.2, -0.15) is 0 Å². The van der Waals surface area contributed by atoms with Gasteiger partial charge in [-0.15, -0.1) is 0 Å². The van der Waals surface area contributed by atoms with Gasteiger partial charge in [0.2, 0.25) is 5.91 Å². The molecule has 2 nitrogen and oxygen atoms in total. The minimum absolute atomic E-state index is 0.0324. The minimum Gasteiger partial charge on any atom is -0.355 e. The summed E-state index contributed by atoms with van der Waals surface area (Å²) in [6.07, 6.45) is 6.25. The van der Waals surface area contributed by atoms with Crippen molar-refractivity contribution in [3.63, 3.8) is 0 Å². The van der Waals surface area contributed by atoms with Crippen LogP contribution in [0, 0.1) is 0 Å². The number of hydrogen-bond acceptors (Lipinski definition) is 1. The molecule has 0 heterocycles. The molecule has 0 saturated heterocycles. The third-order valence-corrected chi connectivity index (χ3v) is 2.71. The zero-order valence-electron chi connectivity index (χ0n) is 10.7. The monoisotopic (exact) mass is 231 g/mol. The van der Waals surface area contributed by atoms with Crippen LogP contribution in [0.1, 0.15) is 38.2 Å². The number of likely N-dealkylation sites (N-methyl/N-ethyl adjacent to an activating group) is 1. The Hall–Kier alpha value is -1.57. The standard InChI is InChI=1S/C15H21NO/c1-3-4-6-11-14(15(17)16-2)12-13-9-7-5-8-10-13/h5,7-10,12H,3-4,6,11H2,1-2H3,(H,16,17)/b14-12-. The number of carbonyl (C=O) groups excluding carboxylic acids is 1. The maximum atomic E-state index is 11.7. The Labute approximate surface area is 104 Å². The first kappa shape index (κ1) is 13.5. The second kappa shape index (κ2) is 7.66. The van der Waals surface area contributed by atoms with Crippen molar-refractivity contribution in [2.45, 2.75) is 32.6 Å². The topological polar surface area (TPSA) is 29.1 Å². The van der Waals surface area contributed by atoms with Gasteiger partial charge >= 0.3 is 0 Å². The maximum Gasteiger partial charge on any atom is 0.246 e. The third-order valence-electron chi connectivity index (χ3n) is 2.71. The summed E-state index contributed by atoms with van der Waals surface area (Å²) >= 11 is 0. The quantitative estimate of drug-likeness (QED) is 0.590.